The first-order valence-electron chi connectivity index (χ1n) is 8.87. The number of anilines is 1. The molecule has 3 aromatic heterocycles. The molecular weight excluding hydrogens is 374 g/mol. The zero-order valence-corrected chi connectivity index (χ0v) is 16.4. The van der Waals surface area contributed by atoms with Crippen molar-refractivity contribution in [2.75, 3.05) is 12.0 Å². The number of carbonyl (C=O) groups is 1. The van der Waals surface area contributed by atoms with Crippen molar-refractivity contribution in [2.24, 2.45) is 0 Å². The fraction of sp³-hybridized carbons (Fsp3) is 0.200. The van der Waals surface area contributed by atoms with Gasteiger partial charge in [-0.2, -0.15) is 5.10 Å². The quantitative estimate of drug-likeness (QED) is 0.499. The summed E-state index contributed by atoms with van der Waals surface area (Å²) in [5.41, 5.74) is 2.19. The van der Waals surface area contributed by atoms with Crippen molar-refractivity contribution in [3.8, 4) is 5.75 Å². The number of thiazole rings is 1. The van der Waals surface area contributed by atoms with Gasteiger partial charge in [0.15, 0.2) is 5.13 Å². The third-order valence-corrected chi connectivity index (χ3v) is 5.41. The van der Waals surface area contributed by atoms with Crippen molar-refractivity contribution in [3.63, 3.8) is 0 Å². The molecule has 0 aliphatic heterocycles. The number of para-hydroxylation sites is 1. The zero-order valence-electron chi connectivity index (χ0n) is 15.6. The number of rotatable bonds is 6. The highest BCUT2D eigenvalue weighted by Gasteiger charge is 2.25. The first kappa shape index (κ1) is 18.1. The molecule has 0 N–H and O–H groups in total. The van der Waals surface area contributed by atoms with Gasteiger partial charge in [-0.15, -0.1) is 0 Å². The van der Waals surface area contributed by atoms with Crippen LogP contribution in [0.25, 0.3) is 10.2 Å². The van der Waals surface area contributed by atoms with E-state index in [4.69, 9.17) is 9.72 Å². The molecule has 0 spiro atoms. The molecule has 142 valence electrons. The lowest BCUT2D eigenvalue weighted by atomic mass is 10.2. The average Bonchev–Trinajstić information content (AvgIpc) is 3.38. The number of amides is 1. The first-order valence-corrected chi connectivity index (χ1v) is 9.69. The molecule has 0 unspecified atom stereocenters. The van der Waals surface area contributed by atoms with E-state index < -0.39 is 0 Å². The predicted molar refractivity (Wildman–Crippen MR) is 109 cm³/mol. The number of carbonyl (C=O) groups excluding carboxylic acids is 1. The van der Waals surface area contributed by atoms with Crippen LogP contribution in [0.1, 0.15) is 23.0 Å². The minimum Gasteiger partial charge on any atom is -0.494 e. The topological polar surface area (TPSA) is 73.1 Å². The molecule has 8 heteroatoms. The summed E-state index contributed by atoms with van der Waals surface area (Å²) in [5.74, 6) is 0.536. The molecule has 1 amide bonds. The molecule has 0 aliphatic carbocycles. The van der Waals surface area contributed by atoms with Crippen LogP contribution < -0.4 is 9.64 Å². The summed E-state index contributed by atoms with van der Waals surface area (Å²) in [7, 11) is 1.62. The number of hydrogen-bond donors (Lipinski definition) is 0. The maximum Gasteiger partial charge on any atom is 0.278 e. The van der Waals surface area contributed by atoms with Gasteiger partial charge in [-0.1, -0.05) is 23.5 Å². The monoisotopic (exact) mass is 393 g/mol. The highest BCUT2D eigenvalue weighted by molar-refractivity contribution is 7.22. The van der Waals surface area contributed by atoms with Gasteiger partial charge in [-0.05, 0) is 36.8 Å². The zero-order chi connectivity index (χ0) is 19.5. The lowest BCUT2D eigenvalue weighted by molar-refractivity contribution is 0.0975. The maximum absolute atomic E-state index is 13.4. The van der Waals surface area contributed by atoms with E-state index >= 15 is 0 Å². The lowest BCUT2D eigenvalue weighted by Gasteiger charge is -2.20. The van der Waals surface area contributed by atoms with E-state index in [1.54, 1.807) is 41.3 Å². The van der Waals surface area contributed by atoms with Gasteiger partial charge < -0.3 is 4.74 Å². The number of aromatic nitrogens is 4. The largest absolute Gasteiger partial charge is 0.494 e. The molecule has 0 bridgehead atoms. The second-order valence-corrected chi connectivity index (χ2v) is 7.10. The van der Waals surface area contributed by atoms with Gasteiger partial charge in [0.05, 0.1) is 18.4 Å². The standard InChI is InChI=1S/C20H19N5O2S/c1-3-25-15(9-11-22-25)19(26)24(13-14-6-5-10-21-12-14)20-23-18-16(27-2)7-4-8-17(18)28-20/h4-12H,3,13H2,1-2H3. The van der Waals surface area contributed by atoms with E-state index in [-0.39, 0.29) is 5.91 Å². The SMILES string of the molecule is CCn1nccc1C(=O)N(Cc1cccnc1)c1nc2c(OC)cccc2s1. The van der Waals surface area contributed by atoms with E-state index in [1.807, 2.05) is 37.3 Å². The molecule has 0 atom stereocenters. The maximum atomic E-state index is 13.4. The van der Waals surface area contributed by atoms with Gasteiger partial charge in [-0.3, -0.25) is 19.4 Å². The van der Waals surface area contributed by atoms with Crippen molar-refractivity contribution in [1.29, 1.82) is 0 Å². The van der Waals surface area contributed by atoms with Crippen LogP contribution in [0, 0.1) is 0 Å². The van der Waals surface area contributed by atoms with Crippen LogP contribution in [0.2, 0.25) is 0 Å². The molecule has 0 aliphatic rings. The summed E-state index contributed by atoms with van der Waals surface area (Å²) in [6.45, 7) is 2.93. The van der Waals surface area contributed by atoms with Crippen molar-refractivity contribution in [2.45, 2.75) is 20.0 Å². The van der Waals surface area contributed by atoms with Gasteiger partial charge in [0.2, 0.25) is 0 Å². The van der Waals surface area contributed by atoms with Gasteiger partial charge >= 0.3 is 0 Å². The van der Waals surface area contributed by atoms with E-state index in [0.29, 0.717) is 29.7 Å². The third kappa shape index (κ3) is 3.34. The molecule has 1 aromatic carbocycles. The molecule has 4 aromatic rings. The number of methoxy groups -OCH3 is 1. The van der Waals surface area contributed by atoms with Gasteiger partial charge in [0, 0.05) is 25.1 Å². The minimum absolute atomic E-state index is 0.152. The smallest absolute Gasteiger partial charge is 0.278 e. The Kier molecular flexibility index (Phi) is 5.03. The van der Waals surface area contributed by atoms with Gasteiger partial charge in [-0.25, -0.2) is 4.98 Å². The van der Waals surface area contributed by atoms with Crippen LogP contribution in [0.3, 0.4) is 0 Å². The molecule has 28 heavy (non-hydrogen) atoms. The summed E-state index contributed by atoms with van der Waals surface area (Å²) in [6, 6.07) is 11.3. The van der Waals surface area contributed by atoms with Gasteiger partial charge in [0.25, 0.3) is 5.91 Å². The van der Waals surface area contributed by atoms with E-state index in [9.17, 15) is 4.79 Å². The molecule has 0 saturated carbocycles. The summed E-state index contributed by atoms with van der Waals surface area (Å²) >= 11 is 1.46. The van der Waals surface area contributed by atoms with Crippen LogP contribution in [-0.2, 0) is 13.1 Å². The molecule has 4 rings (SSSR count). The fourth-order valence-electron chi connectivity index (χ4n) is 3.00. The Morgan fingerprint density at radius 2 is 2.11 bits per heavy atom. The Labute approximate surface area is 166 Å². The second kappa shape index (κ2) is 7.77. The summed E-state index contributed by atoms with van der Waals surface area (Å²) in [6.07, 6.45) is 5.11. The average molecular weight is 393 g/mol. The molecule has 3 heterocycles. The number of hydrogen-bond acceptors (Lipinski definition) is 6. The van der Waals surface area contributed by atoms with Crippen molar-refractivity contribution >= 4 is 32.6 Å². The fourth-order valence-corrected chi connectivity index (χ4v) is 3.98. The number of nitrogens with zero attached hydrogens (tertiary/aromatic N) is 5. The van der Waals surface area contributed by atoms with Crippen LogP contribution in [-0.4, -0.2) is 32.8 Å². The van der Waals surface area contributed by atoms with Crippen molar-refractivity contribution in [3.05, 3.63) is 66.2 Å². The molecule has 7 nitrogen and oxygen atoms in total. The summed E-state index contributed by atoms with van der Waals surface area (Å²) in [5, 5.41) is 4.84. The van der Waals surface area contributed by atoms with E-state index in [2.05, 4.69) is 10.1 Å². The molecule has 0 radical (unpaired) electrons. The van der Waals surface area contributed by atoms with Gasteiger partial charge in [0.1, 0.15) is 17.0 Å². The van der Waals surface area contributed by atoms with Crippen molar-refractivity contribution in [1.82, 2.24) is 19.7 Å². The third-order valence-electron chi connectivity index (χ3n) is 4.37. The highest BCUT2D eigenvalue weighted by Crippen LogP contribution is 2.35. The number of pyridine rings is 1. The van der Waals surface area contributed by atoms with E-state index in [1.165, 1.54) is 11.3 Å². The Bertz CT molecular complexity index is 1110. The van der Waals surface area contributed by atoms with Crippen LogP contribution in [0.5, 0.6) is 5.75 Å². The van der Waals surface area contributed by atoms with Crippen LogP contribution >= 0.6 is 11.3 Å². The number of fused-ring (bicyclic) bond motifs is 1. The summed E-state index contributed by atoms with van der Waals surface area (Å²) < 4.78 is 8.07. The molecule has 0 saturated heterocycles. The predicted octanol–water partition coefficient (Wildman–Crippen LogP) is 3.76. The first-order chi connectivity index (χ1) is 13.7. The van der Waals surface area contributed by atoms with Crippen LogP contribution in [0.15, 0.2) is 55.0 Å². The molecular formula is C20H19N5O2S. The number of benzene rings is 1. The Morgan fingerprint density at radius 3 is 2.86 bits per heavy atom. The summed E-state index contributed by atoms with van der Waals surface area (Å²) in [4.78, 5) is 24.0. The Hall–Kier alpha value is -3.26. The van der Waals surface area contributed by atoms with E-state index in [0.717, 1.165) is 15.8 Å². The normalized spacial score (nSPS) is 10.9. The number of ether oxygens (including phenoxy) is 1. The Morgan fingerprint density at radius 1 is 1.21 bits per heavy atom. The molecule has 0 fully saturated rings. The lowest BCUT2D eigenvalue weighted by Crippen LogP contribution is -2.32. The second-order valence-electron chi connectivity index (χ2n) is 6.09. The Balaban J connectivity index is 1.80. The minimum atomic E-state index is -0.152. The van der Waals surface area contributed by atoms with Crippen LogP contribution in [0.4, 0.5) is 5.13 Å². The highest BCUT2D eigenvalue weighted by atomic mass is 32.1. The number of aryl methyl sites for hydroxylation is 1. The van der Waals surface area contributed by atoms with Crippen molar-refractivity contribution < 1.29 is 9.53 Å².